The predicted molar refractivity (Wildman–Crippen MR) is 96.1 cm³/mol. The maximum atomic E-state index is 12.3. The average Bonchev–Trinajstić information content (AvgIpc) is 3.21. The van der Waals surface area contributed by atoms with Crippen molar-refractivity contribution in [2.45, 2.75) is 26.2 Å². The summed E-state index contributed by atoms with van der Waals surface area (Å²) in [5.74, 6) is 1.15. The molecule has 0 saturated carbocycles. The van der Waals surface area contributed by atoms with Gasteiger partial charge in [0.1, 0.15) is 17.8 Å². The Hall–Kier alpha value is -2.97. The number of aromatic nitrogens is 6. The number of amides is 1. The first-order chi connectivity index (χ1) is 12.4. The minimum atomic E-state index is -0.140. The molecular formula is C17H22N8O. The van der Waals surface area contributed by atoms with Gasteiger partial charge in [-0.1, -0.05) is 20.8 Å². The Kier molecular flexibility index (Phi) is 3.86. The molecule has 0 aromatic carbocycles. The van der Waals surface area contributed by atoms with E-state index in [1.807, 2.05) is 18.2 Å². The fourth-order valence-corrected chi connectivity index (χ4v) is 2.92. The molecule has 136 valence electrons. The minimum absolute atomic E-state index is 0.0567. The normalized spacial score (nSPS) is 15.3. The first-order valence-electron chi connectivity index (χ1n) is 8.66. The van der Waals surface area contributed by atoms with Gasteiger partial charge in [0.25, 0.3) is 5.91 Å². The van der Waals surface area contributed by atoms with Crippen molar-refractivity contribution in [1.82, 2.24) is 35.3 Å². The number of H-pyrrole nitrogens is 1. The SMILES string of the molecule is CC(C)(C)c1cc(C(=O)NCC2CN(c3ccc4nncn4n3)C2)n[nH]1. The van der Waals surface area contributed by atoms with Crippen LogP contribution in [0.3, 0.4) is 0 Å². The smallest absolute Gasteiger partial charge is 0.271 e. The number of fused-ring (bicyclic) bond motifs is 1. The van der Waals surface area contributed by atoms with Crippen LogP contribution in [0.2, 0.25) is 0 Å². The van der Waals surface area contributed by atoms with E-state index in [0.717, 1.165) is 30.2 Å². The van der Waals surface area contributed by atoms with Crippen molar-refractivity contribution in [3.8, 4) is 0 Å². The fourth-order valence-electron chi connectivity index (χ4n) is 2.92. The van der Waals surface area contributed by atoms with Gasteiger partial charge in [0.05, 0.1) is 0 Å². The molecule has 0 aliphatic carbocycles. The number of rotatable bonds is 4. The summed E-state index contributed by atoms with van der Waals surface area (Å²) in [5, 5.41) is 22.3. The van der Waals surface area contributed by atoms with Crippen molar-refractivity contribution in [2.24, 2.45) is 5.92 Å². The Morgan fingerprint density at radius 2 is 2.15 bits per heavy atom. The summed E-state index contributed by atoms with van der Waals surface area (Å²) in [6.07, 6.45) is 1.59. The molecule has 2 N–H and O–H groups in total. The number of nitrogens with zero attached hydrogens (tertiary/aromatic N) is 6. The van der Waals surface area contributed by atoms with Gasteiger partial charge in [-0.2, -0.15) is 9.61 Å². The molecule has 0 radical (unpaired) electrons. The molecule has 1 aliphatic rings. The van der Waals surface area contributed by atoms with E-state index >= 15 is 0 Å². The van der Waals surface area contributed by atoms with Crippen LogP contribution in [-0.2, 0) is 5.41 Å². The first kappa shape index (κ1) is 16.5. The Balaban J connectivity index is 1.29. The molecule has 9 nitrogen and oxygen atoms in total. The van der Waals surface area contributed by atoms with Crippen LogP contribution in [0.1, 0.15) is 37.0 Å². The number of nitrogens with one attached hydrogen (secondary N) is 2. The number of carbonyl (C=O) groups is 1. The Morgan fingerprint density at radius 1 is 1.35 bits per heavy atom. The lowest BCUT2D eigenvalue weighted by Crippen LogP contribution is -2.52. The third-order valence-corrected chi connectivity index (χ3v) is 4.60. The zero-order valence-electron chi connectivity index (χ0n) is 15.1. The van der Waals surface area contributed by atoms with E-state index in [0.29, 0.717) is 18.2 Å². The monoisotopic (exact) mass is 354 g/mol. The molecule has 1 saturated heterocycles. The number of carbonyl (C=O) groups excluding carboxylic acids is 1. The molecule has 26 heavy (non-hydrogen) atoms. The first-order valence-corrected chi connectivity index (χ1v) is 8.66. The second-order valence-corrected chi connectivity index (χ2v) is 7.72. The fraction of sp³-hybridized carbons (Fsp3) is 0.471. The van der Waals surface area contributed by atoms with Crippen LogP contribution in [0.4, 0.5) is 5.82 Å². The third-order valence-electron chi connectivity index (χ3n) is 4.60. The summed E-state index contributed by atoms with van der Waals surface area (Å²) >= 11 is 0. The van der Waals surface area contributed by atoms with E-state index < -0.39 is 0 Å². The molecule has 4 rings (SSSR count). The van der Waals surface area contributed by atoms with Crippen LogP contribution in [0.5, 0.6) is 0 Å². The summed E-state index contributed by atoms with van der Waals surface area (Å²) in [6, 6.07) is 5.66. The topological polar surface area (TPSA) is 104 Å². The summed E-state index contributed by atoms with van der Waals surface area (Å²) in [5.41, 5.74) is 2.06. The van der Waals surface area contributed by atoms with Crippen molar-refractivity contribution in [3.05, 3.63) is 35.9 Å². The van der Waals surface area contributed by atoms with Crippen LogP contribution < -0.4 is 10.2 Å². The molecule has 1 aliphatic heterocycles. The highest BCUT2D eigenvalue weighted by Gasteiger charge is 2.29. The van der Waals surface area contributed by atoms with Gasteiger partial charge in [0.2, 0.25) is 0 Å². The van der Waals surface area contributed by atoms with Crippen molar-refractivity contribution < 1.29 is 4.79 Å². The largest absolute Gasteiger partial charge is 0.354 e. The van der Waals surface area contributed by atoms with Crippen molar-refractivity contribution in [1.29, 1.82) is 0 Å². The Labute approximate surface area is 150 Å². The Bertz CT molecular complexity index is 932. The van der Waals surface area contributed by atoms with Gasteiger partial charge >= 0.3 is 0 Å². The van der Waals surface area contributed by atoms with Crippen LogP contribution >= 0.6 is 0 Å². The van der Waals surface area contributed by atoms with Gasteiger partial charge in [-0.15, -0.1) is 15.3 Å². The molecule has 0 unspecified atom stereocenters. The molecule has 0 spiro atoms. The molecule has 9 heteroatoms. The molecular weight excluding hydrogens is 332 g/mol. The lowest BCUT2D eigenvalue weighted by molar-refractivity contribution is 0.0939. The zero-order chi connectivity index (χ0) is 18.3. The van der Waals surface area contributed by atoms with Gasteiger partial charge < -0.3 is 10.2 Å². The van der Waals surface area contributed by atoms with Crippen molar-refractivity contribution in [2.75, 3.05) is 24.5 Å². The van der Waals surface area contributed by atoms with E-state index in [9.17, 15) is 4.79 Å². The van der Waals surface area contributed by atoms with E-state index in [1.165, 1.54) is 0 Å². The van der Waals surface area contributed by atoms with Crippen LogP contribution in [0.15, 0.2) is 24.5 Å². The predicted octanol–water partition coefficient (Wildman–Crippen LogP) is 1.01. The summed E-state index contributed by atoms with van der Waals surface area (Å²) in [6.45, 7) is 8.58. The summed E-state index contributed by atoms with van der Waals surface area (Å²) in [4.78, 5) is 14.4. The minimum Gasteiger partial charge on any atom is -0.354 e. The quantitative estimate of drug-likeness (QED) is 0.725. The van der Waals surface area contributed by atoms with Gasteiger partial charge in [0.15, 0.2) is 5.65 Å². The Morgan fingerprint density at radius 3 is 2.88 bits per heavy atom. The second kappa shape index (κ2) is 6.08. The maximum absolute atomic E-state index is 12.3. The number of aromatic amines is 1. The van der Waals surface area contributed by atoms with Crippen molar-refractivity contribution >= 4 is 17.4 Å². The highest BCUT2D eigenvalue weighted by Crippen LogP contribution is 2.23. The number of anilines is 1. The van der Waals surface area contributed by atoms with Gasteiger partial charge in [0, 0.05) is 36.7 Å². The number of hydrogen-bond donors (Lipinski definition) is 2. The van der Waals surface area contributed by atoms with E-state index in [-0.39, 0.29) is 11.3 Å². The van der Waals surface area contributed by atoms with Gasteiger partial charge in [-0.25, -0.2) is 0 Å². The lowest BCUT2D eigenvalue weighted by Gasteiger charge is -2.40. The third kappa shape index (κ3) is 3.12. The maximum Gasteiger partial charge on any atom is 0.271 e. The second-order valence-electron chi connectivity index (χ2n) is 7.72. The van der Waals surface area contributed by atoms with Gasteiger partial charge in [-0.05, 0) is 18.2 Å². The van der Waals surface area contributed by atoms with Crippen LogP contribution in [0, 0.1) is 5.92 Å². The molecule has 1 amide bonds. The lowest BCUT2D eigenvalue weighted by atomic mass is 9.92. The molecule has 4 heterocycles. The standard InChI is InChI=1S/C17H22N8O/c1-17(2,3)13-6-12(20-21-13)16(26)18-7-11-8-24(9-11)15-5-4-14-22-19-10-25(14)23-15/h4-6,10-11H,7-9H2,1-3H3,(H,18,26)(H,20,21). The summed E-state index contributed by atoms with van der Waals surface area (Å²) in [7, 11) is 0. The van der Waals surface area contributed by atoms with Crippen LogP contribution in [-0.4, -0.2) is 55.6 Å². The van der Waals surface area contributed by atoms with Crippen molar-refractivity contribution in [3.63, 3.8) is 0 Å². The van der Waals surface area contributed by atoms with E-state index in [4.69, 9.17) is 0 Å². The van der Waals surface area contributed by atoms with Gasteiger partial charge in [-0.3, -0.25) is 9.89 Å². The molecule has 3 aromatic rings. The number of hydrogen-bond acceptors (Lipinski definition) is 6. The highest BCUT2D eigenvalue weighted by atomic mass is 16.1. The molecule has 1 fully saturated rings. The molecule has 0 atom stereocenters. The average molecular weight is 354 g/mol. The van der Waals surface area contributed by atoms with E-state index in [1.54, 1.807) is 10.8 Å². The van der Waals surface area contributed by atoms with Crippen LogP contribution in [0.25, 0.3) is 5.65 Å². The molecule has 0 bridgehead atoms. The highest BCUT2D eigenvalue weighted by molar-refractivity contribution is 5.92. The van der Waals surface area contributed by atoms with E-state index in [2.05, 4.69) is 56.5 Å². The zero-order valence-corrected chi connectivity index (χ0v) is 15.1. The summed E-state index contributed by atoms with van der Waals surface area (Å²) < 4.78 is 1.66. The molecule has 3 aromatic heterocycles.